The molecule has 0 radical (unpaired) electrons. The minimum absolute atomic E-state index is 0.0481. The monoisotopic (exact) mass is 303 g/mol. The van der Waals surface area contributed by atoms with Crippen molar-refractivity contribution in [2.75, 3.05) is 24.6 Å². The van der Waals surface area contributed by atoms with E-state index in [2.05, 4.69) is 15.6 Å². The quantitative estimate of drug-likeness (QED) is 0.771. The van der Waals surface area contributed by atoms with Crippen LogP contribution in [0.3, 0.4) is 0 Å². The first kappa shape index (κ1) is 14.4. The molecule has 2 rings (SSSR count). The van der Waals surface area contributed by atoms with E-state index < -0.39 is 9.84 Å². The first-order valence-electron chi connectivity index (χ1n) is 6.13. The summed E-state index contributed by atoms with van der Waals surface area (Å²) in [7, 11) is -2.98. The Morgan fingerprint density at radius 1 is 1.58 bits per heavy atom. The molecular weight excluding hydrogens is 286 g/mol. The van der Waals surface area contributed by atoms with Crippen molar-refractivity contribution in [1.82, 2.24) is 15.6 Å². The molecule has 0 aliphatic carbocycles. The second-order valence-electron chi connectivity index (χ2n) is 4.55. The van der Waals surface area contributed by atoms with E-state index in [9.17, 15) is 13.2 Å². The van der Waals surface area contributed by atoms with Crippen molar-refractivity contribution in [3.63, 3.8) is 0 Å². The van der Waals surface area contributed by atoms with Gasteiger partial charge in [0.05, 0.1) is 22.7 Å². The molecule has 2 heterocycles. The third-order valence-corrected chi connectivity index (χ3v) is 5.29. The number of hydrogen-bond acceptors (Lipinski definition) is 6. The highest BCUT2D eigenvalue weighted by Gasteiger charge is 2.25. The van der Waals surface area contributed by atoms with Crippen LogP contribution in [0.1, 0.15) is 12.1 Å². The predicted octanol–water partition coefficient (Wildman–Crippen LogP) is -0.421. The predicted molar refractivity (Wildman–Crippen MR) is 73.9 cm³/mol. The number of amides is 1. The Morgan fingerprint density at radius 2 is 2.42 bits per heavy atom. The zero-order chi connectivity index (χ0) is 13.7. The molecule has 0 aromatic carbocycles. The number of sulfone groups is 1. The number of nitrogens with zero attached hydrogens (tertiary/aromatic N) is 1. The largest absolute Gasteiger partial charge is 0.356 e. The van der Waals surface area contributed by atoms with Crippen molar-refractivity contribution in [2.24, 2.45) is 0 Å². The summed E-state index contributed by atoms with van der Waals surface area (Å²) in [5.74, 6) is 0.0892. The number of carbonyl (C=O) groups is 1. The highest BCUT2D eigenvalue weighted by atomic mass is 32.2. The maximum absolute atomic E-state index is 11.7. The van der Waals surface area contributed by atoms with Crippen molar-refractivity contribution >= 4 is 27.1 Å². The standard InChI is InChI=1S/C11H17N3O3S2/c15-11(13-2-1-9-6-18-8-14-9)5-10-7-19(16,17)4-3-12-10/h6,8,10,12H,1-5,7H2,(H,13,15). The molecule has 6 nitrogen and oxygen atoms in total. The van der Waals surface area contributed by atoms with E-state index in [0.29, 0.717) is 19.5 Å². The van der Waals surface area contributed by atoms with Gasteiger partial charge in [-0.15, -0.1) is 11.3 Å². The molecule has 19 heavy (non-hydrogen) atoms. The molecule has 1 aliphatic rings. The number of rotatable bonds is 5. The van der Waals surface area contributed by atoms with Crippen LogP contribution in [0.5, 0.6) is 0 Å². The van der Waals surface area contributed by atoms with Gasteiger partial charge in [0.1, 0.15) is 0 Å². The second kappa shape index (κ2) is 6.44. The molecule has 0 spiro atoms. The summed E-state index contributed by atoms with van der Waals surface area (Å²) < 4.78 is 22.9. The Bertz CT molecular complexity index is 513. The van der Waals surface area contributed by atoms with Crippen molar-refractivity contribution in [3.8, 4) is 0 Å². The number of thiazole rings is 1. The number of carbonyl (C=O) groups excluding carboxylic acids is 1. The van der Waals surface area contributed by atoms with E-state index in [1.54, 1.807) is 5.51 Å². The van der Waals surface area contributed by atoms with Gasteiger partial charge in [0.15, 0.2) is 9.84 Å². The molecule has 1 aliphatic heterocycles. The first-order chi connectivity index (χ1) is 9.05. The molecule has 1 amide bonds. The molecule has 106 valence electrons. The summed E-state index contributed by atoms with van der Waals surface area (Å²) in [5.41, 5.74) is 2.72. The lowest BCUT2D eigenvalue weighted by atomic mass is 10.2. The Morgan fingerprint density at radius 3 is 3.11 bits per heavy atom. The summed E-state index contributed by atoms with van der Waals surface area (Å²) in [6.07, 6.45) is 0.905. The average Bonchev–Trinajstić information content (AvgIpc) is 2.80. The lowest BCUT2D eigenvalue weighted by Gasteiger charge is -2.23. The van der Waals surface area contributed by atoms with Gasteiger partial charge in [-0.1, -0.05) is 0 Å². The maximum Gasteiger partial charge on any atom is 0.221 e. The fraction of sp³-hybridized carbons (Fsp3) is 0.636. The van der Waals surface area contributed by atoms with E-state index in [1.165, 1.54) is 11.3 Å². The Labute approximate surface area is 116 Å². The van der Waals surface area contributed by atoms with E-state index in [0.717, 1.165) is 5.69 Å². The number of hydrogen-bond donors (Lipinski definition) is 2. The highest BCUT2D eigenvalue weighted by molar-refractivity contribution is 7.91. The molecule has 1 aromatic heterocycles. The molecule has 1 saturated heterocycles. The molecule has 8 heteroatoms. The zero-order valence-corrected chi connectivity index (χ0v) is 12.1. The van der Waals surface area contributed by atoms with Crippen molar-refractivity contribution in [3.05, 3.63) is 16.6 Å². The van der Waals surface area contributed by atoms with E-state index in [-0.39, 0.29) is 29.9 Å². The van der Waals surface area contributed by atoms with Crippen LogP contribution in [-0.2, 0) is 21.1 Å². The molecule has 1 unspecified atom stereocenters. The van der Waals surface area contributed by atoms with Gasteiger partial charge >= 0.3 is 0 Å². The third-order valence-electron chi connectivity index (χ3n) is 2.92. The van der Waals surface area contributed by atoms with Crippen molar-refractivity contribution in [2.45, 2.75) is 18.9 Å². The van der Waals surface area contributed by atoms with Gasteiger partial charge in [-0.3, -0.25) is 4.79 Å². The van der Waals surface area contributed by atoms with Crippen LogP contribution in [0.25, 0.3) is 0 Å². The van der Waals surface area contributed by atoms with E-state index in [1.807, 2.05) is 5.38 Å². The van der Waals surface area contributed by atoms with Gasteiger partial charge in [-0.25, -0.2) is 13.4 Å². The summed E-state index contributed by atoms with van der Waals surface area (Å²) >= 11 is 1.53. The molecule has 1 atom stereocenters. The maximum atomic E-state index is 11.7. The van der Waals surface area contributed by atoms with Gasteiger partial charge in [0.25, 0.3) is 0 Å². The van der Waals surface area contributed by atoms with E-state index >= 15 is 0 Å². The van der Waals surface area contributed by atoms with Crippen LogP contribution in [0, 0.1) is 0 Å². The highest BCUT2D eigenvalue weighted by Crippen LogP contribution is 2.05. The van der Waals surface area contributed by atoms with Crippen LogP contribution >= 0.6 is 11.3 Å². The minimum Gasteiger partial charge on any atom is -0.356 e. The minimum atomic E-state index is -2.98. The van der Waals surface area contributed by atoms with Crippen molar-refractivity contribution < 1.29 is 13.2 Å². The summed E-state index contributed by atoms with van der Waals surface area (Å²) in [4.78, 5) is 15.8. The van der Waals surface area contributed by atoms with E-state index in [4.69, 9.17) is 0 Å². The number of nitrogens with one attached hydrogen (secondary N) is 2. The SMILES string of the molecule is O=C(CC1CS(=O)(=O)CCN1)NCCc1cscn1. The second-order valence-corrected chi connectivity index (χ2v) is 7.50. The average molecular weight is 303 g/mol. The summed E-state index contributed by atoms with van der Waals surface area (Å²) in [6, 6.07) is -0.266. The van der Waals surface area contributed by atoms with Gasteiger partial charge in [-0.05, 0) is 0 Å². The lowest BCUT2D eigenvalue weighted by molar-refractivity contribution is -0.121. The third kappa shape index (κ3) is 4.88. The topological polar surface area (TPSA) is 88.2 Å². The molecule has 2 N–H and O–H groups in total. The van der Waals surface area contributed by atoms with Gasteiger partial charge < -0.3 is 10.6 Å². The zero-order valence-electron chi connectivity index (χ0n) is 10.5. The summed E-state index contributed by atoms with van der Waals surface area (Å²) in [5, 5.41) is 7.79. The smallest absolute Gasteiger partial charge is 0.221 e. The molecule has 0 bridgehead atoms. The fourth-order valence-electron chi connectivity index (χ4n) is 1.99. The molecule has 1 aromatic rings. The Kier molecular flexibility index (Phi) is 4.89. The van der Waals surface area contributed by atoms with Crippen LogP contribution in [-0.4, -0.2) is 49.9 Å². The van der Waals surface area contributed by atoms with Crippen LogP contribution in [0.15, 0.2) is 10.9 Å². The fourth-order valence-corrected chi connectivity index (χ4v) is 4.02. The lowest BCUT2D eigenvalue weighted by Crippen LogP contribution is -2.47. The van der Waals surface area contributed by atoms with Crippen LogP contribution < -0.4 is 10.6 Å². The Balaban J connectivity index is 1.69. The van der Waals surface area contributed by atoms with Crippen LogP contribution in [0.2, 0.25) is 0 Å². The van der Waals surface area contributed by atoms with Gasteiger partial charge in [0, 0.05) is 37.4 Å². The van der Waals surface area contributed by atoms with Crippen molar-refractivity contribution in [1.29, 1.82) is 0 Å². The number of aromatic nitrogens is 1. The molecular formula is C11H17N3O3S2. The van der Waals surface area contributed by atoms with Gasteiger partial charge in [0.2, 0.25) is 5.91 Å². The first-order valence-corrected chi connectivity index (χ1v) is 8.89. The van der Waals surface area contributed by atoms with Crippen LogP contribution in [0.4, 0.5) is 0 Å². The molecule has 1 fully saturated rings. The Hall–Kier alpha value is -0.990. The molecule has 0 saturated carbocycles. The normalized spacial score (nSPS) is 22.0. The van der Waals surface area contributed by atoms with Gasteiger partial charge in [-0.2, -0.15) is 0 Å². The summed E-state index contributed by atoms with van der Waals surface area (Å²) in [6.45, 7) is 0.959.